The Kier molecular flexibility index (Phi) is 8.41. The number of hydrogen-bond acceptors (Lipinski definition) is 6. The minimum atomic E-state index is -1.23. The molecule has 2 aromatic heterocycles. The highest BCUT2D eigenvalue weighted by atomic mass is 16.5. The fourth-order valence-electron chi connectivity index (χ4n) is 5.50. The molecule has 5 rings (SSSR count). The van der Waals surface area contributed by atoms with Crippen molar-refractivity contribution in [2.24, 2.45) is 5.10 Å². The van der Waals surface area contributed by atoms with Gasteiger partial charge in [0.1, 0.15) is 5.75 Å². The van der Waals surface area contributed by atoms with Crippen molar-refractivity contribution in [1.82, 2.24) is 14.2 Å². The average molecular weight is 607 g/mol. The van der Waals surface area contributed by atoms with Gasteiger partial charge >= 0.3 is 11.9 Å². The summed E-state index contributed by atoms with van der Waals surface area (Å²) in [6, 6.07) is 16.9. The quantitative estimate of drug-likeness (QED) is 0.181. The Morgan fingerprint density at radius 1 is 0.978 bits per heavy atom. The van der Waals surface area contributed by atoms with Gasteiger partial charge in [0, 0.05) is 28.2 Å². The number of carbonyl (C=O) groups is 2. The maximum atomic E-state index is 13.9. The summed E-state index contributed by atoms with van der Waals surface area (Å²) in [5.74, 6) is -1.14. The summed E-state index contributed by atoms with van der Waals surface area (Å²) in [5.41, 5.74) is 4.99. The molecule has 0 aliphatic heterocycles. The number of nitrogens with zero attached hydrogens (tertiary/aromatic N) is 4. The number of hydrogen-bond donors (Lipinski definition) is 2. The normalized spacial score (nSPS) is 11.5. The Hall–Kier alpha value is -5.51. The number of para-hydroxylation sites is 1. The lowest BCUT2D eigenvalue weighted by atomic mass is 9.96. The van der Waals surface area contributed by atoms with E-state index in [0.717, 1.165) is 34.2 Å². The second kappa shape index (κ2) is 12.2. The van der Waals surface area contributed by atoms with E-state index in [9.17, 15) is 24.6 Å². The molecule has 45 heavy (non-hydrogen) atoms. The van der Waals surface area contributed by atoms with Crippen LogP contribution in [0.5, 0.6) is 5.75 Å². The van der Waals surface area contributed by atoms with E-state index in [0.29, 0.717) is 40.3 Å². The Balaban J connectivity index is 1.70. The first-order valence-electron chi connectivity index (χ1n) is 14.6. The summed E-state index contributed by atoms with van der Waals surface area (Å²) >= 11 is 0. The monoisotopic (exact) mass is 606 g/mol. The standard InChI is InChI=1S/C35H34N4O6/c1-7-45-31-12-20(4)29(17-28(31)19(2)3)32-37-30-11-9-8-10-27(30)33(40)39(32)36-18-25-13-21(5)38(22(25)6)26-15-23(34(41)42)14-24(16-26)35(43)44/h8-19H,7H2,1-6H3,(H,41,42)(H,43,44). The molecule has 0 amide bonds. The number of carboxylic acids is 2. The second-order valence-electron chi connectivity index (χ2n) is 11.1. The van der Waals surface area contributed by atoms with Gasteiger partial charge in [-0.2, -0.15) is 9.78 Å². The molecule has 3 aromatic carbocycles. The highest BCUT2D eigenvalue weighted by Crippen LogP contribution is 2.34. The number of carboxylic acid groups (broad SMARTS) is 2. The Morgan fingerprint density at radius 2 is 1.64 bits per heavy atom. The van der Waals surface area contributed by atoms with Crippen LogP contribution in [0.4, 0.5) is 0 Å². The average Bonchev–Trinajstić information content (AvgIpc) is 3.28. The molecule has 0 bridgehead atoms. The predicted octanol–water partition coefficient (Wildman–Crippen LogP) is 6.58. The Labute approximate surface area is 259 Å². The number of aromatic carboxylic acids is 2. The molecule has 5 aromatic rings. The Bertz CT molecular complexity index is 2040. The van der Waals surface area contributed by atoms with Crippen molar-refractivity contribution in [2.45, 2.75) is 47.5 Å². The Morgan fingerprint density at radius 3 is 2.27 bits per heavy atom. The number of aromatic nitrogens is 3. The van der Waals surface area contributed by atoms with Crippen LogP contribution >= 0.6 is 0 Å². The van der Waals surface area contributed by atoms with Crippen LogP contribution in [0.25, 0.3) is 28.0 Å². The van der Waals surface area contributed by atoms with E-state index in [2.05, 4.69) is 18.9 Å². The maximum Gasteiger partial charge on any atom is 0.335 e. The smallest absolute Gasteiger partial charge is 0.335 e. The topological polar surface area (TPSA) is 136 Å². The van der Waals surface area contributed by atoms with E-state index >= 15 is 0 Å². The first-order chi connectivity index (χ1) is 21.4. The summed E-state index contributed by atoms with van der Waals surface area (Å²) in [7, 11) is 0. The minimum absolute atomic E-state index is 0.141. The summed E-state index contributed by atoms with van der Waals surface area (Å²) in [6.45, 7) is 12.2. The van der Waals surface area contributed by atoms with E-state index < -0.39 is 11.9 Å². The van der Waals surface area contributed by atoms with E-state index in [1.54, 1.807) is 29.0 Å². The first kappa shape index (κ1) is 30.9. The lowest BCUT2D eigenvalue weighted by Gasteiger charge is -2.18. The molecule has 10 nitrogen and oxygen atoms in total. The summed E-state index contributed by atoms with van der Waals surface area (Å²) in [5, 5.41) is 24.2. The van der Waals surface area contributed by atoms with Crippen LogP contribution in [0, 0.1) is 20.8 Å². The van der Waals surface area contributed by atoms with Gasteiger partial charge in [-0.25, -0.2) is 14.6 Å². The highest BCUT2D eigenvalue weighted by Gasteiger charge is 2.20. The molecular weight excluding hydrogens is 572 g/mol. The number of rotatable bonds is 9. The van der Waals surface area contributed by atoms with Gasteiger partial charge in [0.05, 0.1) is 34.9 Å². The van der Waals surface area contributed by atoms with E-state index in [-0.39, 0.29) is 22.6 Å². The van der Waals surface area contributed by atoms with Crippen LogP contribution in [0.2, 0.25) is 0 Å². The number of aryl methyl sites for hydroxylation is 2. The van der Waals surface area contributed by atoms with E-state index in [1.807, 2.05) is 52.0 Å². The van der Waals surface area contributed by atoms with Crippen LogP contribution < -0.4 is 10.3 Å². The summed E-state index contributed by atoms with van der Waals surface area (Å²) < 4.78 is 8.98. The van der Waals surface area contributed by atoms with Crippen molar-refractivity contribution in [3.8, 4) is 22.8 Å². The van der Waals surface area contributed by atoms with Gasteiger partial charge in [-0.05, 0) is 93.3 Å². The van der Waals surface area contributed by atoms with Crippen molar-refractivity contribution >= 4 is 29.1 Å². The molecule has 0 aliphatic rings. The third kappa shape index (κ3) is 5.86. The third-order valence-electron chi connectivity index (χ3n) is 7.73. The van der Waals surface area contributed by atoms with Crippen LogP contribution in [0.3, 0.4) is 0 Å². The van der Waals surface area contributed by atoms with Gasteiger partial charge in [0.2, 0.25) is 0 Å². The zero-order chi connectivity index (χ0) is 32.6. The number of fused-ring (bicyclic) bond motifs is 1. The summed E-state index contributed by atoms with van der Waals surface area (Å²) in [6.07, 6.45) is 1.56. The highest BCUT2D eigenvalue weighted by molar-refractivity contribution is 5.95. The third-order valence-corrected chi connectivity index (χ3v) is 7.73. The maximum absolute atomic E-state index is 13.9. The largest absolute Gasteiger partial charge is 0.494 e. The molecule has 0 fully saturated rings. The number of ether oxygens (including phenoxy) is 1. The van der Waals surface area contributed by atoms with Crippen molar-refractivity contribution in [3.63, 3.8) is 0 Å². The zero-order valence-electron chi connectivity index (χ0n) is 26.0. The van der Waals surface area contributed by atoms with Crippen LogP contribution in [0.15, 0.2) is 70.6 Å². The fourth-order valence-corrected chi connectivity index (χ4v) is 5.50. The zero-order valence-corrected chi connectivity index (χ0v) is 26.0. The van der Waals surface area contributed by atoms with Crippen molar-refractivity contribution in [2.75, 3.05) is 6.61 Å². The molecule has 2 heterocycles. The van der Waals surface area contributed by atoms with Crippen LogP contribution in [-0.2, 0) is 0 Å². The molecule has 0 saturated carbocycles. The SMILES string of the molecule is CCOc1cc(C)c(-c2nc3ccccc3c(=O)n2N=Cc2cc(C)n(-c3cc(C(=O)O)cc(C(=O)O)c3)c2C)cc1C(C)C. The lowest BCUT2D eigenvalue weighted by molar-refractivity contribution is 0.0696. The fraction of sp³-hybridized carbons (Fsp3) is 0.229. The second-order valence-corrected chi connectivity index (χ2v) is 11.1. The molecule has 0 unspecified atom stereocenters. The minimum Gasteiger partial charge on any atom is -0.494 e. The van der Waals surface area contributed by atoms with Gasteiger partial charge in [-0.3, -0.25) is 4.79 Å². The summed E-state index contributed by atoms with van der Waals surface area (Å²) in [4.78, 5) is 42.3. The molecule has 0 aliphatic carbocycles. The molecule has 0 saturated heterocycles. The first-order valence-corrected chi connectivity index (χ1v) is 14.6. The van der Waals surface area contributed by atoms with Gasteiger partial charge in [0.25, 0.3) is 5.56 Å². The van der Waals surface area contributed by atoms with E-state index in [4.69, 9.17) is 9.72 Å². The van der Waals surface area contributed by atoms with Crippen molar-refractivity contribution < 1.29 is 24.5 Å². The molecule has 230 valence electrons. The van der Waals surface area contributed by atoms with Gasteiger partial charge in [0.15, 0.2) is 5.82 Å². The van der Waals surface area contributed by atoms with Crippen molar-refractivity contribution in [1.29, 1.82) is 0 Å². The lowest BCUT2D eigenvalue weighted by Crippen LogP contribution is -2.21. The van der Waals surface area contributed by atoms with Gasteiger partial charge in [-0.1, -0.05) is 26.0 Å². The molecular formula is C35H34N4O6. The molecule has 0 atom stereocenters. The van der Waals surface area contributed by atoms with Crippen LogP contribution in [-0.4, -0.2) is 49.2 Å². The van der Waals surface area contributed by atoms with Gasteiger partial charge in [-0.15, -0.1) is 0 Å². The van der Waals surface area contributed by atoms with E-state index in [1.165, 1.54) is 16.8 Å². The predicted molar refractivity (Wildman–Crippen MR) is 174 cm³/mol. The van der Waals surface area contributed by atoms with Gasteiger partial charge < -0.3 is 19.5 Å². The molecule has 0 spiro atoms. The number of benzene rings is 3. The molecule has 10 heteroatoms. The molecule has 2 N–H and O–H groups in total. The van der Waals surface area contributed by atoms with Crippen molar-refractivity contribution in [3.05, 3.63) is 110 Å². The van der Waals surface area contributed by atoms with Crippen LogP contribution in [0.1, 0.15) is 75.5 Å². The molecule has 0 radical (unpaired) electrons.